The molecule has 9 nitrogen and oxygen atoms in total. The predicted octanol–water partition coefficient (Wildman–Crippen LogP) is 3.84. The number of rotatable bonds is 6. The van der Waals surface area contributed by atoms with Crippen molar-refractivity contribution in [3.8, 4) is 0 Å². The standard InChI is InChI=1S/C24H28FN3O4S.C2HF3O2/c25-21-15-17(28-14-13-19(22(28)23(26)29)16-7-3-1-4-8-16)11-12-20(21)24(30)27-33(31,32)18-9-5-2-6-10-18;3-2(4,5)1(6)7/h2,5-6,9-12,15-16,19,22H,1,3-4,7-8,13-14H2,(H2,26,29)(H,27,30);(H,6,7)/t19-,22-;/m0./s1. The highest BCUT2D eigenvalue weighted by Gasteiger charge is 2.42. The Morgan fingerprint density at radius 3 is 2.10 bits per heavy atom. The number of nitrogens with zero attached hydrogens (tertiary/aromatic N) is 1. The molecule has 1 saturated heterocycles. The molecule has 0 aromatic heterocycles. The summed E-state index contributed by atoms with van der Waals surface area (Å²) in [5.41, 5.74) is 5.82. The summed E-state index contributed by atoms with van der Waals surface area (Å²) in [6, 6.07) is 10.8. The number of alkyl halides is 3. The maximum atomic E-state index is 14.9. The van der Waals surface area contributed by atoms with Gasteiger partial charge in [0.15, 0.2) is 0 Å². The number of hydrogen-bond acceptors (Lipinski definition) is 6. The number of carboxylic acid groups (broad SMARTS) is 1. The van der Waals surface area contributed by atoms with Crippen LogP contribution in [0.1, 0.15) is 48.9 Å². The molecule has 2 aromatic carbocycles. The fourth-order valence-corrected chi connectivity index (χ4v) is 6.22. The molecular formula is C26H29F4N3O6S. The third kappa shape index (κ3) is 7.49. The van der Waals surface area contributed by atoms with Crippen LogP contribution >= 0.6 is 0 Å². The summed E-state index contributed by atoms with van der Waals surface area (Å²) in [6.07, 6.45) is 1.38. The van der Waals surface area contributed by atoms with Gasteiger partial charge >= 0.3 is 12.1 Å². The Morgan fingerprint density at radius 1 is 0.975 bits per heavy atom. The van der Waals surface area contributed by atoms with Crippen molar-refractivity contribution < 1.29 is 45.5 Å². The molecule has 2 atom stereocenters. The molecule has 4 N–H and O–H groups in total. The van der Waals surface area contributed by atoms with Crippen molar-refractivity contribution in [3.05, 3.63) is 59.9 Å². The SMILES string of the molecule is NC(=O)[C@@H]1[C@H](C2CCCCC2)CCN1c1ccc(C(=O)NS(=O)(=O)c2ccccc2)c(F)c1.O=C(O)C(F)(F)F. The number of primary amides is 1. The molecule has 218 valence electrons. The molecule has 14 heteroatoms. The highest BCUT2D eigenvalue weighted by atomic mass is 32.2. The van der Waals surface area contributed by atoms with Gasteiger partial charge in [0, 0.05) is 12.2 Å². The molecular weight excluding hydrogens is 558 g/mol. The average Bonchev–Trinajstić information content (AvgIpc) is 3.35. The van der Waals surface area contributed by atoms with E-state index in [4.69, 9.17) is 15.6 Å². The van der Waals surface area contributed by atoms with Crippen LogP contribution in [0, 0.1) is 17.7 Å². The summed E-state index contributed by atoms with van der Waals surface area (Å²) in [7, 11) is -4.13. The van der Waals surface area contributed by atoms with Crippen LogP contribution < -0.4 is 15.4 Å². The Morgan fingerprint density at radius 2 is 1.57 bits per heavy atom. The number of hydrogen-bond donors (Lipinski definition) is 3. The van der Waals surface area contributed by atoms with E-state index >= 15 is 0 Å². The molecule has 1 aliphatic heterocycles. The second-order valence-electron chi connectivity index (χ2n) is 9.61. The van der Waals surface area contributed by atoms with Crippen LogP contribution in [0.3, 0.4) is 0 Å². The van der Waals surface area contributed by atoms with Crippen molar-refractivity contribution in [1.29, 1.82) is 0 Å². The van der Waals surface area contributed by atoms with E-state index in [1.54, 1.807) is 6.07 Å². The number of carbonyl (C=O) groups excluding carboxylic acids is 2. The molecule has 0 unspecified atom stereocenters. The Balaban J connectivity index is 0.000000559. The monoisotopic (exact) mass is 587 g/mol. The lowest BCUT2D eigenvalue weighted by molar-refractivity contribution is -0.192. The molecule has 1 aliphatic carbocycles. The molecule has 2 amide bonds. The van der Waals surface area contributed by atoms with Crippen LogP contribution in [0.4, 0.5) is 23.2 Å². The van der Waals surface area contributed by atoms with E-state index in [1.807, 2.05) is 9.62 Å². The number of nitrogens with one attached hydrogen (secondary N) is 1. The Bertz CT molecular complexity index is 1330. The summed E-state index contributed by atoms with van der Waals surface area (Å²) >= 11 is 0. The number of halogens is 4. The lowest BCUT2D eigenvalue weighted by Gasteiger charge is -2.33. The highest BCUT2D eigenvalue weighted by Crippen LogP contribution is 2.40. The third-order valence-electron chi connectivity index (χ3n) is 7.04. The number of carbonyl (C=O) groups is 3. The van der Waals surface area contributed by atoms with Gasteiger partial charge in [-0.1, -0.05) is 50.3 Å². The maximum absolute atomic E-state index is 14.9. The fourth-order valence-electron chi connectivity index (χ4n) is 5.23. The maximum Gasteiger partial charge on any atom is 0.490 e. The van der Waals surface area contributed by atoms with Gasteiger partial charge in [0.1, 0.15) is 11.9 Å². The number of carboxylic acids is 1. The smallest absolute Gasteiger partial charge is 0.475 e. The number of anilines is 1. The second-order valence-corrected chi connectivity index (χ2v) is 11.3. The minimum atomic E-state index is -5.08. The first-order valence-electron chi connectivity index (χ1n) is 12.5. The highest BCUT2D eigenvalue weighted by molar-refractivity contribution is 7.90. The largest absolute Gasteiger partial charge is 0.490 e. The molecule has 4 rings (SSSR count). The Labute approximate surface area is 228 Å². The van der Waals surface area contributed by atoms with Gasteiger partial charge in [-0.3, -0.25) is 9.59 Å². The molecule has 1 heterocycles. The van der Waals surface area contributed by atoms with Crippen LogP contribution in [-0.2, 0) is 19.6 Å². The summed E-state index contributed by atoms with van der Waals surface area (Å²) in [6.45, 7) is 0.572. The predicted molar refractivity (Wildman–Crippen MR) is 136 cm³/mol. The van der Waals surface area contributed by atoms with Gasteiger partial charge in [0.25, 0.3) is 15.9 Å². The minimum Gasteiger partial charge on any atom is -0.475 e. The van der Waals surface area contributed by atoms with Gasteiger partial charge in [-0.15, -0.1) is 0 Å². The van der Waals surface area contributed by atoms with Crippen molar-refractivity contribution in [2.45, 2.75) is 55.6 Å². The van der Waals surface area contributed by atoms with E-state index in [1.165, 1.54) is 48.9 Å². The molecule has 2 aliphatic rings. The number of sulfonamides is 1. The summed E-state index contributed by atoms with van der Waals surface area (Å²) < 4.78 is 73.3. The second kappa shape index (κ2) is 12.7. The average molecular weight is 588 g/mol. The van der Waals surface area contributed by atoms with Crippen LogP contribution in [0.25, 0.3) is 0 Å². The lowest BCUT2D eigenvalue weighted by Crippen LogP contribution is -2.46. The number of amides is 2. The van der Waals surface area contributed by atoms with Crippen molar-refractivity contribution in [1.82, 2.24) is 4.72 Å². The molecule has 0 radical (unpaired) electrons. The van der Waals surface area contributed by atoms with Gasteiger partial charge < -0.3 is 15.7 Å². The molecule has 40 heavy (non-hydrogen) atoms. The quantitative estimate of drug-likeness (QED) is 0.435. The van der Waals surface area contributed by atoms with E-state index in [0.29, 0.717) is 18.2 Å². The van der Waals surface area contributed by atoms with E-state index in [2.05, 4.69) is 0 Å². The van der Waals surface area contributed by atoms with E-state index in [-0.39, 0.29) is 10.8 Å². The zero-order chi connectivity index (χ0) is 29.7. The van der Waals surface area contributed by atoms with E-state index in [9.17, 15) is 35.6 Å². The van der Waals surface area contributed by atoms with Crippen LogP contribution in [0.15, 0.2) is 53.4 Å². The normalized spacial score (nSPS) is 19.9. The van der Waals surface area contributed by atoms with Crippen molar-refractivity contribution >= 4 is 33.5 Å². The van der Waals surface area contributed by atoms with Gasteiger partial charge in [0.2, 0.25) is 5.91 Å². The number of benzene rings is 2. The summed E-state index contributed by atoms with van der Waals surface area (Å²) in [5.74, 6) is -4.55. The first-order chi connectivity index (χ1) is 18.7. The van der Waals surface area contributed by atoms with Gasteiger partial charge in [-0.25, -0.2) is 22.3 Å². The molecule has 2 fully saturated rings. The van der Waals surface area contributed by atoms with Gasteiger partial charge in [-0.05, 0) is 48.6 Å². The Hall–Kier alpha value is -3.68. The molecule has 1 saturated carbocycles. The number of nitrogens with two attached hydrogens (primary N) is 1. The third-order valence-corrected chi connectivity index (χ3v) is 8.39. The molecule has 0 spiro atoms. The van der Waals surface area contributed by atoms with Crippen molar-refractivity contribution in [2.24, 2.45) is 17.6 Å². The van der Waals surface area contributed by atoms with Crippen molar-refractivity contribution in [3.63, 3.8) is 0 Å². The summed E-state index contributed by atoms with van der Waals surface area (Å²) in [4.78, 5) is 35.5. The lowest BCUT2D eigenvalue weighted by atomic mass is 9.76. The first kappa shape index (κ1) is 30.9. The van der Waals surface area contributed by atoms with Crippen molar-refractivity contribution in [2.75, 3.05) is 11.4 Å². The van der Waals surface area contributed by atoms with Crippen LogP contribution in [-0.4, -0.2) is 50.1 Å². The Kier molecular flexibility index (Phi) is 9.77. The topological polar surface area (TPSA) is 147 Å². The minimum absolute atomic E-state index is 0.0921. The molecule has 2 aromatic rings. The van der Waals surface area contributed by atoms with Crippen LogP contribution in [0.2, 0.25) is 0 Å². The van der Waals surface area contributed by atoms with Gasteiger partial charge in [-0.2, -0.15) is 13.2 Å². The first-order valence-corrected chi connectivity index (χ1v) is 14.0. The van der Waals surface area contributed by atoms with E-state index < -0.39 is 51.4 Å². The zero-order valence-electron chi connectivity index (χ0n) is 21.2. The molecule has 0 bridgehead atoms. The van der Waals surface area contributed by atoms with Crippen LogP contribution in [0.5, 0.6) is 0 Å². The van der Waals surface area contributed by atoms with E-state index in [0.717, 1.165) is 32.1 Å². The fraction of sp³-hybridized carbons (Fsp3) is 0.423. The van der Waals surface area contributed by atoms with Gasteiger partial charge in [0.05, 0.1) is 10.5 Å². The zero-order valence-corrected chi connectivity index (χ0v) is 22.1. The summed E-state index contributed by atoms with van der Waals surface area (Å²) in [5, 5.41) is 7.12. The number of aliphatic carboxylic acids is 1.